The second-order valence-electron chi connectivity index (χ2n) is 19.3. The fraction of sp³-hybridized carbons (Fsp3) is 0.763. The average Bonchev–Trinajstić information content (AvgIpc) is 3.36. The molecule has 1 heterocycles. The molecule has 0 aliphatic carbocycles. The van der Waals surface area contributed by atoms with Crippen molar-refractivity contribution in [3.05, 3.63) is 72.9 Å². The van der Waals surface area contributed by atoms with Crippen LogP contribution >= 0.6 is 0 Å². The standard InChI is InChI=1S/C59H103NO10/c1-3-5-7-9-11-13-15-16-22-26-29-33-37-41-45-52(62)51(50-69-59-58(67)57(66)56(65)53(49-61)70-59)60-54(63)46-42-38-34-30-27-23-20-18-17-19-21-24-28-32-36-40-44-48-68-55(64)47-43-39-35-31-25-14-12-10-8-6-4-2/h10,12-13,15,17,19,24,26,28-29,41,45,51-53,56-59,61-62,65-67H,3-9,11,14,16,18,20-23,25,27,30-40,42-44,46-50H2,1-2H3,(H,60,63)/b12-10-,15-13+,19-17-,28-24-,29-26+,45-41+. The van der Waals surface area contributed by atoms with Gasteiger partial charge in [-0.05, 0) is 116 Å². The summed E-state index contributed by atoms with van der Waals surface area (Å²) in [5.74, 6) is -0.261. The number of allylic oxidation sites excluding steroid dienone is 11. The number of aliphatic hydroxyl groups is 5. The maximum absolute atomic E-state index is 13.0. The minimum Gasteiger partial charge on any atom is -0.466 e. The fourth-order valence-electron chi connectivity index (χ4n) is 8.18. The van der Waals surface area contributed by atoms with E-state index in [-0.39, 0.29) is 18.5 Å². The largest absolute Gasteiger partial charge is 0.466 e. The van der Waals surface area contributed by atoms with Gasteiger partial charge in [-0.3, -0.25) is 9.59 Å². The van der Waals surface area contributed by atoms with Crippen molar-refractivity contribution in [1.82, 2.24) is 5.32 Å². The highest BCUT2D eigenvalue weighted by Crippen LogP contribution is 2.23. The van der Waals surface area contributed by atoms with Gasteiger partial charge < -0.3 is 45.1 Å². The quantitative estimate of drug-likeness (QED) is 0.0196. The summed E-state index contributed by atoms with van der Waals surface area (Å²) in [5.41, 5.74) is 0. The number of ether oxygens (including phenoxy) is 3. The molecule has 0 aromatic heterocycles. The van der Waals surface area contributed by atoms with Crippen LogP contribution in [0.15, 0.2) is 72.9 Å². The van der Waals surface area contributed by atoms with Gasteiger partial charge >= 0.3 is 5.97 Å². The Hall–Kier alpha value is -2.90. The van der Waals surface area contributed by atoms with Gasteiger partial charge in [0.25, 0.3) is 0 Å². The van der Waals surface area contributed by atoms with Gasteiger partial charge in [0, 0.05) is 12.8 Å². The number of carbonyl (C=O) groups excluding carboxylic acids is 2. The van der Waals surface area contributed by atoms with E-state index in [9.17, 15) is 35.1 Å². The molecule has 11 nitrogen and oxygen atoms in total. The number of carbonyl (C=O) groups is 2. The Morgan fingerprint density at radius 3 is 1.54 bits per heavy atom. The molecule has 1 fully saturated rings. The highest BCUT2D eigenvalue weighted by molar-refractivity contribution is 5.76. The first kappa shape index (κ1) is 65.1. The van der Waals surface area contributed by atoms with Gasteiger partial charge in [-0.2, -0.15) is 0 Å². The van der Waals surface area contributed by atoms with Crippen molar-refractivity contribution >= 4 is 11.9 Å². The molecule has 0 radical (unpaired) electrons. The van der Waals surface area contributed by atoms with Crippen molar-refractivity contribution in [2.75, 3.05) is 19.8 Å². The zero-order chi connectivity index (χ0) is 51.0. The van der Waals surface area contributed by atoms with E-state index in [0.717, 1.165) is 103 Å². The van der Waals surface area contributed by atoms with E-state index in [1.165, 1.54) is 89.9 Å². The first-order valence-electron chi connectivity index (χ1n) is 28.2. The Morgan fingerprint density at radius 1 is 0.529 bits per heavy atom. The minimum absolute atomic E-state index is 0.0459. The summed E-state index contributed by atoms with van der Waals surface area (Å²) in [4.78, 5) is 25.0. The van der Waals surface area contributed by atoms with Crippen LogP contribution in [-0.2, 0) is 23.8 Å². The Kier molecular flexibility index (Phi) is 45.0. The van der Waals surface area contributed by atoms with E-state index in [0.29, 0.717) is 25.9 Å². The van der Waals surface area contributed by atoms with Crippen molar-refractivity contribution in [3.63, 3.8) is 0 Å². The lowest BCUT2D eigenvalue weighted by atomic mass is 9.99. The smallest absolute Gasteiger partial charge is 0.305 e. The zero-order valence-electron chi connectivity index (χ0n) is 44.2. The molecule has 0 spiro atoms. The zero-order valence-corrected chi connectivity index (χ0v) is 44.2. The van der Waals surface area contributed by atoms with Crippen molar-refractivity contribution in [2.45, 2.75) is 269 Å². The first-order valence-corrected chi connectivity index (χ1v) is 28.2. The van der Waals surface area contributed by atoms with Gasteiger partial charge in [-0.25, -0.2) is 0 Å². The topological polar surface area (TPSA) is 175 Å². The highest BCUT2D eigenvalue weighted by atomic mass is 16.7. The maximum atomic E-state index is 13.0. The number of aliphatic hydroxyl groups excluding tert-OH is 5. The number of unbranched alkanes of at least 4 members (excludes halogenated alkanes) is 23. The Morgan fingerprint density at radius 2 is 0.986 bits per heavy atom. The highest BCUT2D eigenvalue weighted by Gasteiger charge is 2.44. The molecule has 1 aliphatic heterocycles. The third kappa shape index (κ3) is 37.8. The Labute approximate surface area is 426 Å². The van der Waals surface area contributed by atoms with E-state index in [4.69, 9.17) is 14.2 Å². The van der Waals surface area contributed by atoms with Crippen LogP contribution in [0.4, 0.5) is 0 Å². The summed E-state index contributed by atoms with van der Waals surface area (Å²) in [6.45, 7) is 4.18. The Balaban J connectivity index is 2.20. The molecule has 0 aromatic rings. The molecule has 11 heteroatoms. The summed E-state index contributed by atoms with van der Waals surface area (Å²) in [6, 6.07) is -0.849. The lowest BCUT2D eigenvalue weighted by Crippen LogP contribution is -2.60. The predicted molar refractivity (Wildman–Crippen MR) is 287 cm³/mol. The molecule has 7 atom stereocenters. The minimum atomic E-state index is -1.59. The lowest BCUT2D eigenvalue weighted by molar-refractivity contribution is -0.302. The van der Waals surface area contributed by atoms with E-state index in [2.05, 4.69) is 79.9 Å². The molecule has 7 unspecified atom stereocenters. The molecule has 1 rings (SSSR count). The molecule has 1 amide bonds. The first-order chi connectivity index (χ1) is 34.2. The number of nitrogens with one attached hydrogen (secondary N) is 1. The molecule has 6 N–H and O–H groups in total. The fourth-order valence-corrected chi connectivity index (χ4v) is 8.18. The number of hydrogen-bond acceptors (Lipinski definition) is 10. The summed E-state index contributed by atoms with van der Waals surface area (Å²) in [5, 5.41) is 54.3. The average molecular weight is 986 g/mol. The molecular formula is C59H103NO10. The van der Waals surface area contributed by atoms with Crippen molar-refractivity contribution in [2.24, 2.45) is 0 Å². The predicted octanol–water partition coefficient (Wildman–Crippen LogP) is 12.4. The van der Waals surface area contributed by atoms with Crippen LogP contribution in [0.2, 0.25) is 0 Å². The van der Waals surface area contributed by atoms with Gasteiger partial charge in [0.15, 0.2) is 6.29 Å². The van der Waals surface area contributed by atoms with Crippen LogP contribution in [0.5, 0.6) is 0 Å². The van der Waals surface area contributed by atoms with Gasteiger partial charge in [0.1, 0.15) is 24.4 Å². The summed E-state index contributed by atoms with van der Waals surface area (Å²) in [7, 11) is 0. The van der Waals surface area contributed by atoms with Gasteiger partial charge in [0.05, 0.1) is 32.0 Å². The van der Waals surface area contributed by atoms with E-state index in [1.807, 2.05) is 6.08 Å². The molecule has 0 saturated carbocycles. The van der Waals surface area contributed by atoms with E-state index < -0.39 is 49.5 Å². The second kappa shape index (κ2) is 48.4. The molecule has 404 valence electrons. The molecule has 70 heavy (non-hydrogen) atoms. The second-order valence-corrected chi connectivity index (χ2v) is 19.3. The summed E-state index contributed by atoms with van der Waals surface area (Å²) >= 11 is 0. The number of amides is 1. The number of esters is 1. The summed E-state index contributed by atoms with van der Waals surface area (Å²) in [6.07, 6.45) is 52.7. The molecule has 1 saturated heterocycles. The Bertz CT molecular complexity index is 1390. The van der Waals surface area contributed by atoms with Crippen LogP contribution in [-0.4, -0.2) is 100 Å². The number of hydrogen-bond donors (Lipinski definition) is 6. The van der Waals surface area contributed by atoms with Crippen LogP contribution in [0.3, 0.4) is 0 Å². The van der Waals surface area contributed by atoms with Crippen LogP contribution in [0.1, 0.15) is 226 Å². The van der Waals surface area contributed by atoms with Crippen molar-refractivity contribution in [3.8, 4) is 0 Å². The summed E-state index contributed by atoms with van der Waals surface area (Å²) < 4.78 is 16.6. The molecule has 0 bridgehead atoms. The van der Waals surface area contributed by atoms with E-state index in [1.54, 1.807) is 6.08 Å². The third-order valence-corrected chi connectivity index (χ3v) is 12.7. The molecule has 1 aliphatic rings. The molecular weight excluding hydrogens is 883 g/mol. The number of rotatable bonds is 47. The SMILES string of the molecule is CCCC/C=C\CCCCCCCC(=O)OCCCCC/C=C\C/C=C\CCCCCCCCCC(=O)NC(COC1OC(CO)C(O)C(O)C1O)C(O)/C=C/CC/C=C/CC/C=C/CCCCCC. The maximum Gasteiger partial charge on any atom is 0.305 e. The van der Waals surface area contributed by atoms with Crippen molar-refractivity contribution < 1.29 is 49.3 Å². The van der Waals surface area contributed by atoms with Crippen LogP contribution in [0, 0.1) is 0 Å². The molecule has 0 aromatic carbocycles. The van der Waals surface area contributed by atoms with Gasteiger partial charge in [-0.15, -0.1) is 0 Å². The third-order valence-electron chi connectivity index (χ3n) is 12.7. The monoisotopic (exact) mass is 986 g/mol. The van der Waals surface area contributed by atoms with Gasteiger partial charge in [0.2, 0.25) is 5.91 Å². The normalized spacial score (nSPS) is 19.8. The van der Waals surface area contributed by atoms with Gasteiger partial charge in [-0.1, -0.05) is 170 Å². The van der Waals surface area contributed by atoms with E-state index >= 15 is 0 Å². The van der Waals surface area contributed by atoms with Crippen LogP contribution < -0.4 is 5.32 Å². The lowest BCUT2D eigenvalue weighted by Gasteiger charge is -2.40. The van der Waals surface area contributed by atoms with Crippen LogP contribution in [0.25, 0.3) is 0 Å². The van der Waals surface area contributed by atoms with Crippen molar-refractivity contribution in [1.29, 1.82) is 0 Å².